The molecular formula is C16H22N2. The van der Waals surface area contributed by atoms with Gasteiger partial charge in [-0.15, -0.1) is 5.10 Å². The van der Waals surface area contributed by atoms with Crippen molar-refractivity contribution in [2.75, 3.05) is 0 Å². The Hall–Kier alpha value is -1.53. The molecule has 0 radical (unpaired) electrons. The zero-order valence-corrected chi connectivity index (χ0v) is 12.2. The van der Waals surface area contributed by atoms with Crippen molar-refractivity contribution in [3.63, 3.8) is 0 Å². The topological polar surface area (TPSA) is 17.3 Å². The quantitative estimate of drug-likeness (QED) is 0.652. The molecule has 0 fully saturated rings. The van der Waals surface area contributed by atoms with Gasteiger partial charge < -0.3 is 0 Å². The number of allylic oxidation sites excluding steroid dienone is 2. The van der Waals surface area contributed by atoms with E-state index < -0.39 is 0 Å². The largest absolute Gasteiger partial charge is 0.232 e. The van der Waals surface area contributed by atoms with E-state index in [4.69, 9.17) is 0 Å². The van der Waals surface area contributed by atoms with Gasteiger partial charge in [0, 0.05) is 18.1 Å². The molecule has 1 aliphatic rings. The summed E-state index contributed by atoms with van der Waals surface area (Å²) in [5.41, 5.74) is 4.14. The average Bonchev–Trinajstić information content (AvgIpc) is 2.43. The first kappa shape index (κ1) is 12.9. The number of hydrogen-bond acceptors (Lipinski definition) is 1. The molecule has 2 heterocycles. The van der Waals surface area contributed by atoms with Crippen LogP contribution in [0.25, 0.3) is 6.08 Å². The van der Waals surface area contributed by atoms with Crippen molar-refractivity contribution in [3.05, 3.63) is 35.2 Å². The molecule has 18 heavy (non-hydrogen) atoms. The van der Waals surface area contributed by atoms with Gasteiger partial charge >= 0.3 is 0 Å². The summed E-state index contributed by atoms with van der Waals surface area (Å²) in [5.74, 6) is 2.92. The molecule has 2 rings (SSSR count). The van der Waals surface area contributed by atoms with Crippen molar-refractivity contribution in [1.29, 1.82) is 0 Å². The van der Waals surface area contributed by atoms with Gasteiger partial charge in [0.1, 0.15) is 0 Å². The SMILES string of the molecule is CC(C)(C)c1cn2c(c1C(C)(C)C)C=CC=C=N2. The first-order chi connectivity index (χ1) is 8.21. The summed E-state index contributed by atoms with van der Waals surface area (Å²) in [6.45, 7) is 13.5. The Labute approximate surface area is 110 Å². The number of rotatable bonds is 0. The van der Waals surface area contributed by atoms with E-state index in [9.17, 15) is 0 Å². The van der Waals surface area contributed by atoms with E-state index >= 15 is 0 Å². The van der Waals surface area contributed by atoms with Gasteiger partial charge in [-0.3, -0.25) is 0 Å². The third kappa shape index (κ3) is 2.21. The smallest absolute Gasteiger partial charge is 0.0694 e. The van der Waals surface area contributed by atoms with E-state index in [2.05, 4.69) is 64.8 Å². The number of fused-ring (bicyclic) bond motifs is 1. The van der Waals surface area contributed by atoms with Crippen LogP contribution in [0.5, 0.6) is 0 Å². The van der Waals surface area contributed by atoms with Crippen molar-refractivity contribution in [2.24, 2.45) is 5.10 Å². The highest BCUT2D eigenvalue weighted by atomic mass is 15.3. The van der Waals surface area contributed by atoms with Crippen LogP contribution in [0.15, 0.2) is 23.5 Å². The molecule has 2 heteroatoms. The lowest BCUT2D eigenvalue weighted by molar-refractivity contribution is 0.534. The van der Waals surface area contributed by atoms with Gasteiger partial charge in [0.2, 0.25) is 0 Å². The fraction of sp³-hybridized carbons (Fsp3) is 0.500. The Morgan fingerprint density at radius 3 is 2.28 bits per heavy atom. The number of hydrogen-bond donors (Lipinski definition) is 0. The summed E-state index contributed by atoms with van der Waals surface area (Å²) in [6.07, 6.45) is 8.12. The highest BCUT2D eigenvalue weighted by Gasteiger charge is 2.30. The highest BCUT2D eigenvalue weighted by molar-refractivity contribution is 5.66. The van der Waals surface area contributed by atoms with Gasteiger partial charge in [0.05, 0.1) is 5.69 Å². The van der Waals surface area contributed by atoms with Crippen LogP contribution in [0.2, 0.25) is 0 Å². The minimum Gasteiger partial charge on any atom is -0.232 e. The standard InChI is InChI=1S/C16H22N2/c1-15(2,3)12-11-18-13(9-7-8-10-17-18)14(12)16(4,5)6/h7-9,11H,1-6H3. The maximum absolute atomic E-state index is 4.34. The van der Waals surface area contributed by atoms with Crippen LogP contribution in [0.4, 0.5) is 0 Å². The second-order valence-corrected chi connectivity index (χ2v) is 6.90. The summed E-state index contributed by atoms with van der Waals surface area (Å²) in [5, 5.41) is 4.34. The zero-order valence-electron chi connectivity index (χ0n) is 12.2. The van der Waals surface area contributed by atoms with Crippen LogP contribution in [-0.2, 0) is 10.8 Å². The third-order valence-corrected chi connectivity index (χ3v) is 3.17. The second kappa shape index (κ2) is 4.00. The van der Waals surface area contributed by atoms with E-state index in [0.29, 0.717) is 0 Å². The molecule has 1 aromatic heterocycles. The molecule has 0 bridgehead atoms. The van der Waals surface area contributed by atoms with Crippen LogP contribution in [-0.4, -0.2) is 10.5 Å². The summed E-state index contributed by atoms with van der Waals surface area (Å²) >= 11 is 0. The molecule has 0 unspecified atom stereocenters. The molecule has 0 aromatic carbocycles. The van der Waals surface area contributed by atoms with E-state index in [1.54, 1.807) is 0 Å². The summed E-state index contributed by atoms with van der Waals surface area (Å²) in [4.78, 5) is 0. The van der Waals surface area contributed by atoms with Crippen LogP contribution < -0.4 is 0 Å². The Balaban J connectivity index is 2.78. The molecule has 1 aromatic rings. The fourth-order valence-corrected chi connectivity index (χ4v) is 2.39. The van der Waals surface area contributed by atoms with Gasteiger partial charge in [0.25, 0.3) is 0 Å². The van der Waals surface area contributed by atoms with Gasteiger partial charge in [-0.2, -0.15) is 0 Å². The molecule has 0 atom stereocenters. The predicted octanol–water partition coefficient (Wildman–Crippen LogP) is 4.10. The molecule has 0 N–H and O–H groups in total. The molecule has 0 spiro atoms. The Kier molecular flexibility index (Phi) is 2.87. The Bertz CT molecular complexity index is 551. The first-order valence-electron chi connectivity index (χ1n) is 6.44. The maximum atomic E-state index is 4.34. The van der Waals surface area contributed by atoms with E-state index in [1.165, 1.54) is 16.8 Å². The van der Waals surface area contributed by atoms with Crippen LogP contribution >= 0.6 is 0 Å². The first-order valence-corrected chi connectivity index (χ1v) is 6.44. The lowest BCUT2D eigenvalue weighted by Crippen LogP contribution is -2.20. The number of nitrogens with zero attached hydrogens (tertiary/aromatic N) is 2. The summed E-state index contributed by atoms with van der Waals surface area (Å²) in [6, 6.07) is 0. The van der Waals surface area contributed by atoms with E-state index in [-0.39, 0.29) is 10.8 Å². The Morgan fingerprint density at radius 1 is 1.06 bits per heavy atom. The van der Waals surface area contributed by atoms with Crippen molar-refractivity contribution >= 4 is 11.9 Å². The molecule has 0 aliphatic carbocycles. The molecule has 0 saturated carbocycles. The summed E-state index contributed by atoms with van der Waals surface area (Å²) < 4.78 is 1.95. The molecule has 96 valence electrons. The van der Waals surface area contributed by atoms with Gasteiger partial charge in [-0.25, -0.2) is 4.68 Å². The maximum Gasteiger partial charge on any atom is 0.0694 e. The van der Waals surface area contributed by atoms with Crippen molar-refractivity contribution in [3.8, 4) is 0 Å². The van der Waals surface area contributed by atoms with Gasteiger partial charge in [-0.1, -0.05) is 47.6 Å². The van der Waals surface area contributed by atoms with Gasteiger partial charge in [-0.05, 0) is 28.0 Å². The minimum absolute atomic E-state index is 0.105. The lowest BCUT2D eigenvalue weighted by Gasteiger charge is -2.27. The highest BCUT2D eigenvalue weighted by Crippen LogP contribution is 2.38. The van der Waals surface area contributed by atoms with Crippen molar-refractivity contribution < 1.29 is 0 Å². The minimum atomic E-state index is 0.105. The molecule has 2 nitrogen and oxygen atoms in total. The lowest BCUT2D eigenvalue weighted by atomic mass is 9.76. The molecule has 0 saturated heterocycles. The van der Waals surface area contributed by atoms with Crippen molar-refractivity contribution in [1.82, 2.24) is 4.68 Å². The molecule has 1 aliphatic heterocycles. The fourth-order valence-electron chi connectivity index (χ4n) is 2.39. The predicted molar refractivity (Wildman–Crippen MR) is 78.3 cm³/mol. The molecule has 0 amide bonds. The van der Waals surface area contributed by atoms with Crippen LogP contribution in [0.3, 0.4) is 0 Å². The third-order valence-electron chi connectivity index (χ3n) is 3.17. The molecular weight excluding hydrogens is 220 g/mol. The normalized spacial score (nSPS) is 14.8. The van der Waals surface area contributed by atoms with E-state index in [0.717, 1.165) is 0 Å². The zero-order chi connectivity index (χ0) is 13.6. The Morgan fingerprint density at radius 2 is 1.72 bits per heavy atom. The average molecular weight is 242 g/mol. The second-order valence-electron chi connectivity index (χ2n) is 6.90. The monoisotopic (exact) mass is 242 g/mol. The summed E-state index contributed by atoms with van der Waals surface area (Å²) in [7, 11) is 0. The van der Waals surface area contributed by atoms with E-state index in [1.807, 2.05) is 16.8 Å². The van der Waals surface area contributed by atoms with Crippen molar-refractivity contribution in [2.45, 2.75) is 52.4 Å². The van der Waals surface area contributed by atoms with Crippen LogP contribution in [0, 0.1) is 0 Å². The number of aromatic nitrogens is 1. The van der Waals surface area contributed by atoms with Gasteiger partial charge in [0.15, 0.2) is 0 Å². The van der Waals surface area contributed by atoms with Crippen LogP contribution in [0.1, 0.15) is 58.4 Å².